The third kappa shape index (κ3) is 2.22. The first-order chi connectivity index (χ1) is 6.16. The van der Waals surface area contributed by atoms with E-state index in [9.17, 15) is 5.11 Å². The summed E-state index contributed by atoms with van der Waals surface area (Å²) in [6.07, 6.45) is -0.398. The maximum absolute atomic E-state index is 9.52. The standard InChI is InChI=1S/C11H17NO/c1-4-12(3)11-8-6-5-7-10(11)9(2)13/h5-9,13H,4H2,1-3H3/t9-/m1/s1. The lowest BCUT2D eigenvalue weighted by Gasteiger charge is -2.21. The molecule has 0 aliphatic carbocycles. The molecule has 1 N–H and O–H groups in total. The van der Waals surface area contributed by atoms with Crippen LogP contribution in [0.4, 0.5) is 5.69 Å². The van der Waals surface area contributed by atoms with Crippen LogP contribution in [0.15, 0.2) is 24.3 Å². The molecule has 1 rings (SSSR count). The first kappa shape index (κ1) is 10.1. The first-order valence-electron chi connectivity index (χ1n) is 4.65. The molecule has 0 unspecified atom stereocenters. The zero-order chi connectivity index (χ0) is 9.84. The van der Waals surface area contributed by atoms with Crippen molar-refractivity contribution < 1.29 is 5.11 Å². The van der Waals surface area contributed by atoms with Gasteiger partial charge in [-0.2, -0.15) is 0 Å². The summed E-state index contributed by atoms with van der Waals surface area (Å²) in [6, 6.07) is 7.94. The van der Waals surface area contributed by atoms with Gasteiger partial charge in [0.15, 0.2) is 0 Å². The average molecular weight is 179 g/mol. The van der Waals surface area contributed by atoms with Crippen molar-refractivity contribution in [1.29, 1.82) is 0 Å². The van der Waals surface area contributed by atoms with Crippen LogP contribution in [0.5, 0.6) is 0 Å². The van der Waals surface area contributed by atoms with E-state index in [1.54, 1.807) is 6.92 Å². The fourth-order valence-electron chi connectivity index (χ4n) is 1.36. The number of aliphatic hydroxyl groups is 1. The van der Waals surface area contributed by atoms with E-state index in [4.69, 9.17) is 0 Å². The fourth-order valence-corrected chi connectivity index (χ4v) is 1.36. The van der Waals surface area contributed by atoms with Crippen LogP contribution in [-0.4, -0.2) is 18.7 Å². The lowest BCUT2D eigenvalue weighted by atomic mass is 10.1. The molecule has 0 radical (unpaired) electrons. The number of hydrogen-bond acceptors (Lipinski definition) is 2. The van der Waals surface area contributed by atoms with Gasteiger partial charge in [-0.1, -0.05) is 18.2 Å². The summed E-state index contributed by atoms with van der Waals surface area (Å²) in [5.41, 5.74) is 2.10. The van der Waals surface area contributed by atoms with Gasteiger partial charge in [-0.25, -0.2) is 0 Å². The number of anilines is 1. The minimum atomic E-state index is -0.398. The number of para-hydroxylation sites is 1. The minimum Gasteiger partial charge on any atom is -0.389 e. The van der Waals surface area contributed by atoms with Crippen LogP contribution in [0.1, 0.15) is 25.5 Å². The Bertz CT molecular complexity index is 271. The predicted octanol–water partition coefficient (Wildman–Crippen LogP) is 2.20. The molecule has 0 amide bonds. The third-order valence-electron chi connectivity index (χ3n) is 2.27. The summed E-state index contributed by atoms with van der Waals surface area (Å²) >= 11 is 0. The normalized spacial score (nSPS) is 12.6. The highest BCUT2D eigenvalue weighted by atomic mass is 16.3. The van der Waals surface area contributed by atoms with E-state index in [0.717, 1.165) is 17.8 Å². The van der Waals surface area contributed by atoms with E-state index in [1.165, 1.54) is 0 Å². The summed E-state index contributed by atoms with van der Waals surface area (Å²) in [5, 5.41) is 9.52. The molecule has 0 saturated carbocycles. The van der Waals surface area contributed by atoms with Gasteiger partial charge >= 0.3 is 0 Å². The summed E-state index contributed by atoms with van der Waals surface area (Å²) in [5.74, 6) is 0. The van der Waals surface area contributed by atoms with Crippen molar-refractivity contribution in [3.8, 4) is 0 Å². The first-order valence-corrected chi connectivity index (χ1v) is 4.65. The van der Waals surface area contributed by atoms with Crippen LogP contribution in [0.25, 0.3) is 0 Å². The quantitative estimate of drug-likeness (QED) is 0.769. The maximum atomic E-state index is 9.52. The van der Waals surface area contributed by atoms with Gasteiger partial charge in [0.05, 0.1) is 6.10 Å². The van der Waals surface area contributed by atoms with E-state index in [-0.39, 0.29) is 0 Å². The van der Waals surface area contributed by atoms with Crippen molar-refractivity contribution in [2.45, 2.75) is 20.0 Å². The molecule has 0 spiro atoms. The third-order valence-corrected chi connectivity index (χ3v) is 2.27. The Labute approximate surface area is 79.8 Å². The van der Waals surface area contributed by atoms with Gasteiger partial charge in [0.25, 0.3) is 0 Å². The van der Waals surface area contributed by atoms with Crippen LogP contribution < -0.4 is 4.90 Å². The summed E-state index contributed by atoms with van der Waals surface area (Å²) in [6.45, 7) is 4.84. The number of rotatable bonds is 3. The number of aliphatic hydroxyl groups excluding tert-OH is 1. The Kier molecular flexibility index (Phi) is 3.32. The van der Waals surface area contributed by atoms with E-state index in [2.05, 4.69) is 11.8 Å². The molecule has 13 heavy (non-hydrogen) atoms. The Hall–Kier alpha value is -1.02. The van der Waals surface area contributed by atoms with E-state index in [1.807, 2.05) is 31.3 Å². The number of benzene rings is 1. The molecule has 0 aromatic heterocycles. The van der Waals surface area contributed by atoms with Crippen molar-refractivity contribution in [1.82, 2.24) is 0 Å². The summed E-state index contributed by atoms with van der Waals surface area (Å²) < 4.78 is 0. The smallest absolute Gasteiger partial charge is 0.0781 e. The molecule has 0 fully saturated rings. The largest absolute Gasteiger partial charge is 0.389 e. The zero-order valence-electron chi connectivity index (χ0n) is 8.49. The van der Waals surface area contributed by atoms with Crippen LogP contribution in [0.2, 0.25) is 0 Å². The molecule has 72 valence electrons. The van der Waals surface area contributed by atoms with E-state index >= 15 is 0 Å². The average Bonchev–Trinajstić information content (AvgIpc) is 2.16. The predicted molar refractivity (Wildman–Crippen MR) is 56.0 cm³/mol. The van der Waals surface area contributed by atoms with Crippen LogP contribution >= 0.6 is 0 Å². The molecule has 1 atom stereocenters. The second-order valence-corrected chi connectivity index (χ2v) is 3.25. The summed E-state index contributed by atoms with van der Waals surface area (Å²) in [4.78, 5) is 2.13. The fraction of sp³-hybridized carbons (Fsp3) is 0.455. The van der Waals surface area contributed by atoms with Gasteiger partial charge in [-0.05, 0) is 19.9 Å². The lowest BCUT2D eigenvalue weighted by Crippen LogP contribution is -2.18. The summed E-state index contributed by atoms with van der Waals surface area (Å²) in [7, 11) is 2.03. The zero-order valence-corrected chi connectivity index (χ0v) is 8.49. The molecule has 0 heterocycles. The Morgan fingerprint density at radius 3 is 2.54 bits per heavy atom. The van der Waals surface area contributed by atoms with Crippen LogP contribution in [0.3, 0.4) is 0 Å². The highest BCUT2D eigenvalue weighted by molar-refractivity contribution is 5.53. The molecular weight excluding hydrogens is 162 g/mol. The second-order valence-electron chi connectivity index (χ2n) is 3.25. The van der Waals surface area contributed by atoms with Gasteiger partial charge < -0.3 is 10.0 Å². The minimum absolute atomic E-state index is 0.398. The number of nitrogens with zero attached hydrogens (tertiary/aromatic N) is 1. The van der Waals surface area contributed by atoms with Crippen molar-refractivity contribution in [3.05, 3.63) is 29.8 Å². The topological polar surface area (TPSA) is 23.5 Å². The molecule has 2 heteroatoms. The number of hydrogen-bond donors (Lipinski definition) is 1. The van der Waals surface area contributed by atoms with Gasteiger partial charge in [0.2, 0.25) is 0 Å². The Balaban J connectivity index is 3.04. The van der Waals surface area contributed by atoms with Gasteiger partial charge in [-0.15, -0.1) is 0 Å². The SMILES string of the molecule is CCN(C)c1ccccc1[C@@H](C)O. The Morgan fingerprint density at radius 1 is 1.38 bits per heavy atom. The van der Waals surface area contributed by atoms with Crippen LogP contribution in [-0.2, 0) is 0 Å². The molecule has 2 nitrogen and oxygen atoms in total. The molecule has 0 bridgehead atoms. The van der Waals surface area contributed by atoms with Crippen molar-refractivity contribution in [2.24, 2.45) is 0 Å². The molecule has 0 aliphatic rings. The molecule has 0 aliphatic heterocycles. The van der Waals surface area contributed by atoms with E-state index < -0.39 is 6.10 Å². The van der Waals surface area contributed by atoms with Crippen LogP contribution in [0, 0.1) is 0 Å². The van der Waals surface area contributed by atoms with Gasteiger partial charge in [-0.3, -0.25) is 0 Å². The van der Waals surface area contributed by atoms with Gasteiger partial charge in [0.1, 0.15) is 0 Å². The van der Waals surface area contributed by atoms with E-state index in [0.29, 0.717) is 0 Å². The van der Waals surface area contributed by atoms with Crippen molar-refractivity contribution in [2.75, 3.05) is 18.5 Å². The molecular formula is C11H17NO. The van der Waals surface area contributed by atoms with Gasteiger partial charge in [0, 0.05) is 24.8 Å². The maximum Gasteiger partial charge on any atom is 0.0781 e. The van der Waals surface area contributed by atoms with Crippen molar-refractivity contribution in [3.63, 3.8) is 0 Å². The highest BCUT2D eigenvalue weighted by Crippen LogP contribution is 2.24. The second kappa shape index (κ2) is 4.28. The van der Waals surface area contributed by atoms with Crippen molar-refractivity contribution >= 4 is 5.69 Å². The monoisotopic (exact) mass is 179 g/mol. The lowest BCUT2D eigenvalue weighted by molar-refractivity contribution is 0.199. The molecule has 0 saturated heterocycles. The molecule has 1 aromatic rings. The Morgan fingerprint density at radius 2 is 2.00 bits per heavy atom. The molecule has 1 aromatic carbocycles. The highest BCUT2D eigenvalue weighted by Gasteiger charge is 2.08.